The van der Waals surface area contributed by atoms with Gasteiger partial charge < -0.3 is 10.6 Å². The first-order valence-electron chi connectivity index (χ1n) is 11.5. The summed E-state index contributed by atoms with van der Waals surface area (Å²) in [5.74, 6) is 1.55. The third kappa shape index (κ3) is 4.40. The number of thiophene rings is 1. The number of halogens is 1. The van der Waals surface area contributed by atoms with E-state index >= 15 is 0 Å². The van der Waals surface area contributed by atoms with Crippen LogP contribution in [-0.4, -0.2) is 70.6 Å². The molecule has 2 aliphatic rings. The number of nitrogens with zero attached hydrogens (tertiary/aromatic N) is 5. The van der Waals surface area contributed by atoms with E-state index in [0.29, 0.717) is 18.1 Å². The van der Waals surface area contributed by atoms with E-state index in [1.54, 1.807) is 11.3 Å². The first-order valence-corrected chi connectivity index (χ1v) is 12.7. The van der Waals surface area contributed by atoms with Gasteiger partial charge in [-0.3, -0.25) is 19.3 Å². The number of aromatic nitrogens is 3. The number of benzene rings is 1. The minimum atomic E-state index is -0.363. The van der Waals surface area contributed by atoms with Gasteiger partial charge in [-0.1, -0.05) is 23.7 Å². The SMILES string of the molecule is Cc1sc2c(c1C)C(c1ccc(Cl)cc1)=N[C@@H](CNC(=O)CN1CCNCC1)c1nnc(C)n1-2. The van der Waals surface area contributed by atoms with Crippen LogP contribution in [0.2, 0.25) is 5.02 Å². The molecule has 0 bridgehead atoms. The predicted octanol–water partition coefficient (Wildman–Crippen LogP) is 2.82. The monoisotopic (exact) mass is 497 g/mol. The smallest absolute Gasteiger partial charge is 0.234 e. The molecule has 4 heterocycles. The molecular weight excluding hydrogens is 470 g/mol. The summed E-state index contributed by atoms with van der Waals surface area (Å²) in [6.45, 7) is 10.5. The predicted molar refractivity (Wildman–Crippen MR) is 136 cm³/mol. The zero-order chi connectivity index (χ0) is 23.8. The molecule has 178 valence electrons. The largest absolute Gasteiger partial charge is 0.352 e. The minimum absolute atomic E-state index is 0.000951. The van der Waals surface area contributed by atoms with Crippen LogP contribution in [0.25, 0.3) is 5.00 Å². The molecule has 3 aromatic rings. The normalized spacial score (nSPS) is 18.1. The Morgan fingerprint density at radius 1 is 1.18 bits per heavy atom. The number of carbonyl (C=O) groups is 1. The van der Waals surface area contributed by atoms with Gasteiger partial charge in [0.2, 0.25) is 5.91 Å². The second kappa shape index (κ2) is 9.58. The molecule has 2 aliphatic heterocycles. The van der Waals surface area contributed by atoms with Crippen LogP contribution < -0.4 is 10.6 Å². The molecule has 1 amide bonds. The number of amides is 1. The van der Waals surface area contributed by atoms with Crippen LogP contribution in [0, 0.1) is 20.8 Å². The zero-order valence-electron chi connectivity index (χ0n) is 19.6. The van der Waals surface area contributed by atoms with Gasteiger partial charge in [-0.15, -0.1) is 21.5 Å². The summed E-state index contributed by atoms with van der Waals surface area (Å²) in [7, 11) is 0. The highest BCUT2D eigenvalue weighted by molar-refractivity contribution is 7.15. The highest BCUT2D eigenvalue weighted by Gasteiger charge is 2.31. The van der Waals surface area contributed by atoms with Gasteiger partial charge in [0.1, 0.15) is 16.9 Å². The Morgan fingerprint density at radius 2 is 1.91 bits per heavy atom. The topological polar surface area (TPSA) is 87.4 Å². The van der Waals surface area contributed by atoms with Crippen molar-refractivity contribution in [3.05, 3.63) is 62.5 Å². The lowest BCUT2D eigenvalue weighted by Crippen LogP contribution is -2.47. The van der Waals surface area contributed by atoms with Gasteiger partial charge in [0.05, 0.1) is 12.3 Å². The fraction of sp³-hybridized carbons (Fsp3) is 0.417. The van der Waals surface area contributed by atoms with Gasteiger partial charge in [0.25, 0.3) is 0 Å². The van der Waals surface area contributed by atoms with E-state index in [1.165, 1.54) is 10.4 Å². The Bertz CT molecular complexity index is 1240. The van der Waals surface area contributed by atoms with Crippen molar-refractivity contribution in [2.75, 3.05) is 39.3 Å². The fourth-order valence-corrected chi connectivity index (χ4v) is 5.81. The van der Waals surface area contributed by atoms with E-state index in [0.717, 1.165) is 59.7 Å². The van der Waals surface area contributed by atoms with E-state index in [2.05, 4.69) is 44.1 Å². The Kier molecular flexibility index (Phi) is 6.52. The lowest BCUT2D eigenvalue weighted by Gasteiger charge is -2.26. The van der Waals surface area contributed by atoms with Gasteiger partial charge in [0.15, 0.2) is 5.82 Å². The maximum atomic E-state index is 12.7. The number of rotatable bonds is 5. The van der Waals surface area contributed by atoms with Crippen LogP contribution in [0.3, 0.4) is 0 Å². The number of nitrogens with one attached hydrogen (secondary N) is 2. The van der Waals surface area contributed by atoms with Gasteiger partial charge in [-0.2, -0.15) is 0 Å². The summed E-state index contributed by atoms with van der Waals surface area (Å²) in [6, 6.07) is 7.40. The summed E-state index contributed by atoms with van der Waals surface area (Å²) in [5.41, 5.74) is 4.15. The molecule has 0 radical (unpaired) electrons. The second-order valence-electron chi connectivity index (χ2n) is 8.73. The van der Waals surface area contributed by atoms with Crippen LogP contribution in [0.4, 0.5) is 0 Å². The van der Waals surface area contributed by atoms with Crippen molar-refractivity contribution < 1.29 is 4.79 Å². The molecule has 10 heteroatoms. The van der Waals surface area contributed by atoms with E-state index in [4.69, 9.17) is 16.6 Å². The summed E-state index contributed by atoms with van der Waals surface area (Å²) < 4.78 is 2.10. The van der Waals surface area contributed by atoms with Gasteiger partial charge >= 0.3 is 0 Å². The lowest BCUT2D eigenvalue weighted by atomic mass is 10.00. The summed E-state index contributed by atoms with van der Waals surface area (Å²) in [6.07, 6.45) is 0. The van der Waals surface area contributed by atoms with Crippen LogP contribution >= 0.6 is 22.9 Å². The van der Waals surface area contributed by atoms with Crippen molar-refractivity contribution in [3.8, 4) is 5.00 Å². The quantitative estimate of drug-likeness (QED) is 0.566. The molecule has 0 saturated carbocycles. The molecule has 1 atom stereocenters. The van der Waals surface area contributed by atoms with E-state index < -0.39 is 0 Å². The molecular formula is C24H28ClN7OS. The summed E-state index contributed by atoms with van der Waals surface area (Å²) in [5, 5.41) is 17.0. The highest BCUT2D eigenvalue weighted by Crippen LogP contribution is 2.38. The molecule has 2 N–H and O–H groups in total. The standard InChI is InChI=1S/C24H28ClN7OS/c1-14-15(2)34-24-21(14)22(17-4-6-18(25)7-5-17)28-19(23-30-29-16(3)32(23)24)12-27-20(33)13-31-10-8-26-9-11-31/h4-7,19,26H,8-13H2,1-3H3,(H,27,33)/t19-/m0/s1. The van der Waals surface area contributed by atoms with Crippen molar-refractivity contribution in [3.63, 3.8) is 0 Å². The molecule has 34 heavy (non-hydrogen) atoms. The van der Waals surface area contributed by atoms with E-state index in [1.807, 2.05) is 31.2 Å². The number of piperazine rings is 1. The van der Waals surface area contributed by atoms with Crippen LogP contribution in [0.1, 0.15) is 39.3 Å². The average Bonchev–Trinajstić information content (AvgIpc) is 3.30. The Morgan fingerprint density at radius 3 is 2.65 bits per heavy atom. The zero-order valence-corrected chi connectivity index (χ0v) is 21.1. The molecule has 1 aromatic carbocycles. The number of carbonyl (C=O) groups excluding carboxylic acids is 1. The molecule has 1 fully saturated rings. The number of hydrogen-bond donors (Lipinski definition) is 2. The van der Waals surface area contributed by atoms with Gasteiger partial charge in [-0.05, 0) is 38.5 Å². The molecule has 0 aliphatic carbocycles. The van der Waals surface area contributed by atoms with Crippen molar-refractivity contribution in [1.82, 2.24) is 30.3 Å². The van der Waals surface area contributed by atoms with Crippen LogP contribution in [0.15, 0.2) is 29.3 Å². The molecule has 0 spiro atoms. The Hall–Kier alpha value is -2.59. The Balaban J connectivity index is 1.51. The van der Waals surface area contributed by atoms with Crippen LogP contribution in [-0.2, 0) is 4.79 Å². The maximum Gasteiger partial charge on any atom is 0.234 e. The molecule has 1 saturated heterocycles. The highest BCUT2D eigenvalue weighted by atomic mass is 35.5. The minimum Gasteiger partial charge on any atom is -0.352 e. The fourth-order valence-electron chi connectivity index (χ4n) is 4.47. The number of fused-ring (bicyclic) bond motifs is 3. The number of aryl methyl sites for hydroxylation is 2. The number of hydrogen-bond acceptors (Lipinski definition) is 7. The third-order valence-corrected chi connectivity index (χ3v) is 7.87. The lowest BCUT2D eigenvalue weighted by molar-refractivity contribution is -0.122. The third-order valence-electron chi connectivity index (χ3n) is 6.43. The molecule has 2 aromatic heterocycles. The molecule has 5 rings (SSSR count). The van der Waals surface area contributed by atoms with Crippen molar-refractivity contribution in [2.45, 2.75) is 26.8 Å². The molecule has 0 unspecified atom stereocenters. The van der Waals surface area contributed by atoms with Crippen molar-refractivity contribution in [1.29, 1.82) is 0 Å². The average molecular weight is 498 g/mol. The molecule has 8 nitrogen and oxygen atoms in total. The van der Waals surface area contributed by atoms with Crippen molar-refractivity contribution in [2.24, 2.45) is 4.99 Å². The first kappa shape index (κ1) is 23.2. The van der Waals surface area contributed by atoms with E-state index in [9.17, 15) is 4.79 Å². The number of aliphatic imine (C=N–C) groups is 1. The Labute approximate surface area is 208 Å². The maximum absolute atomic E-state index is 12.7. The van der Waals surface area contributed by atoms with Gasteiger partial charge in [-0.25, -0.2) is 0 Å². The summed E-state index contributed by atoms with van der Waals surface area (Å²) in [4.78, 5) is 21.3. The van der Waals surface area contributed by atoms with Crippen molar-refractivity contribution >= 4 is 34.6 Å². The summed E-state index contributed by atoms with van der Waals surface area (Å²) >= 11 is 7.89. The second-order valence-corrected chi connectivity index (χ2v) is 10.4. The van der Waals surface area contributed by atoms with E-state index in [-0.39, 0.29) is 11.9 Å². The van der Waals surface area contributed by atoms with Crippen LogP contribution in [0.5, 0.6) is 0 Å². The first-order chi connectivity index (χ1) is 16.4. The van der Waals surface area contributed by atoms with Gasteiger partial charge in [0, 0.05) is 53.8 Å².